The Morgan fingerprint density at radius 1 is 1.17 bits per heavy atom. The lowest BCUT2D eigenvalue weighted by atomic mass is 10.2. The zero-order valence-corrected chi connectivity index (χ0v) is 13.6. The third kappa shape index (κ3) is 4.07. The Labute approximate surface area is 140 Å². The van der Waals surface area contributed by atoms with Crippen LogP contribution in [0, 0.1) is 0 Å². The van der Waals surface area contributed by atoms with E-state index < -0.39 is 5.91 Å². The van der Waals surface area contributed by atoms with E-state index in [-0.39, 0.29) is 6.42 Å². The second-order valence-corrected chi connectivity index (χ2v) is 5.75. The monoisotopic (exact) mass is 324 g/mol. The summed E-state index contributed by atoms with van der Waals surface area (Å²) in [6, 6.07) is 10.0. The first-order valence-electron chi connectivity index (χ1n) is 7.82. The number of benzene rings is 1. The molecule has 0 spiro atoms. The summed E-state index contributed by atoms with van der Waals surface area (Å²) in [5, 5.41) is 8.62. The number of rotatable bonds is 7. The van der Waals surface area contributed by atoms with Crippen LogP contribution in [0.3, 0.4) is 0 Å². The van der Waals surface area contributed by atoms with Gasteiger partial charge in [0.1, 0.15) is 5.82 Å². The fourth-order valence-corrected chi connectivity index (χ4v) is 2.58. The third-order valence-electron chi connectivity index (χ3n) is 3.70. The van der Waals surface area contributed by atoms with Gasteiger partial charge in [-0.15, -0.1) is 0 Å². The van der Waals surface area contributed by atoms with Gasteiger partial charge in [0.05, 0.1) is 19.2 Å². The molecule has 0 bridgehead atoms. The smallest absolute Gasteiger partial charge is 0.225 e. The van der Waals surface area contributed by atoms with Crippen molar-refractivity contribution in [2.24, 2.45) is 12.8 Å². The minimum atomic E-state index is -0.425. The predicted octanol–water partition coefficient (Wildman–Crippen LogP) is 0.873. The SMILES string of the molecule is Cn1cc(CCc2nc(CC(N)=O)nn2Cc2ccccc2)cn1. The molecule has 124 valence electrons. The average Bonchev–Trinajstić information content (AvgIpc) is 3.12. The van der Waals surface area contributed by atoms with Crippen LogP contribution < -0.4 is 5.73 Å². The molecule has 3 rings (SSSR count). The Kier molecular flexibility index (Phi) is 4.69. The van der Waals surface area contributed by atoms with Gasteiger partial charge < -0.3 is 5.73 Å². The van der Waals surface area contributed by atoms with E-state index in [1.165, 1.54) is 0 Å². The van der Waals surface area contributed by atoms with Gasteiger partial charge in [-0.3, -0.25) is 9.48 Å². The lowest BCUT2D eigenvalue weighted by molar-refractivity contribution is -0.117. The number of aryl methyl sites for hydroxylation is 3. The number of amides is 1. The molecule has 0 saturated carbocycles. The van der Waals surface area contributed by atoms with E-state index in [2.05, 4.69) is 15.2 Å². The molecule has 0 saturated heterocycles. The lowest BCUT2D eigenvalue weighted by Crippen LogP contribution is -2.15. The Bertz CT molecular complexity index is 821. The van der Waals surface area contributed by atoms with Crippen molar-refractivity contribution in [1.29, 1.82) is 0 Å². The highest BCUT2D eigenvalue weighted by molar-refractivity contribution is 5.75. The molecule has 7 heteroatoms. The Balaban J connectivity index is 1.79. The molecule has 0 aliphatic rings. The van der Waals surface area contributed by atoms with Crippen LogP contribution >= 0.6 is 0 Å². The van der Waals surface area contributed by atoms with Crippen molar-refractivity contribution in [3.05, 3.63) is 65.5 Å². The normalized spacial score (nSPS) is 10.9. The van der Waals surface area contributed by atoms with Crippen LogP contribution in [0.4, 0.5) is 0 Å². The number of carbonyl (C=O) groups excluding carboxylic acids is 1. The second kappa shape index (κ2) is 7.08. The summed E-state index contributed by atoms with van der Waals surface area (Å²) in [4.78, 5) is 15.6. The van der Waals surface area contributed by atoms with Gasteiger partial charge in [0.2, 0.25) is 5.91 Å². The quantitative estimate of drug-likeness (QED) is 0.698. The molecule has 7 nitrogen and oxygen atoms in total. The van der Waals surface area contributed by atoms with Crippen LogP contribution in [0.1, 0.15) is 22.8 Å². The number of nitrogens with two attached hydrogens (primary N) is 1. The van der Waals surface area contributed by atoms with E-state index in [4.69, 9.17) is 5.73 Å². The van der Waals surface area contributed by atoms with Crippen molar-refractivity contribution >= 4 is 5.91 Å². The minimum Gasteiger partial charge on any atom is -0.369 e. The number of carbonyl (C=O) groups is 1. The van der Waals surface area contributed by atoms with Gasteiger partial charge in [0.25, 0.3) is 0 Å². The van der Waals surface area contributed by atoms with Crippen molar-refractivity contribution < 1.29 is 4.79 Å². The molecular weight excluding hydrogens is 304 g/mol. The van der Waals surface area contributed by atoms with E-state index in [1.807, 2.05) is 54.5 Å². The first-order chi connectivity index (χ1) is 11.6. The molecule has 24 heavy (non-hydrogen) atoms. The molecule has 1 amide bonds. The first kappa shape index (κ1) is 15.9. The maximum atomic E-state index is 11.2. The van der Waals surface area contributed by atoms with Gasteiger partial charge in [0.15, 0.2) is 5.82 Å². The summed E-state index contributed by atoms with van der Waals surface area (Å²) >= 11 is 0. The Hall–Kier alpha value is -2.96. The van der Waals surface area contributed by atoms with Gasteiger partial charge in [0, 0.05) is 19.7 Å². The molecule has 2 heterocycles. The highest BCUT2D eigenvalue weighted by Gasteiger charge is 2.12. The van der Waals surface area contributed by atoms with Gasteiger partial charge in [-0.25, -0.2) is 9.67 Å². The first-order valence-corrected chi connectivity index (χ1v) is 7.82. The van der Waals surface area contributed by atoms with Gasteiger partial charge >= 0.3 is 0 Å². The summed E-state index contributed by atoms with van der Waals surface area (Å²) in [5.74, 6) is 0.893. The van der Waals surface area contributed by atoms with Crippen LogP contribution in [0.15, 0.2) is 42.7 Å². The standard InChI is InChI=1S/C17H20N6O/c1-22-11-14(10-19-22)7-8-17-20-16(9-15(18)24)21-23(17)12-13-5-3-2-4-6-13/h2-6,10-11H,7-9,12H2,1H3,(H2,18,24). The molecule has 0 atom stereocenters. The summed E-state index contributed by atoms with van der Waals surface area (Å²) in [6.07, 6.45) is 5.44. The second-order valence-electron chi connectivity index (χ2n) is 5.75. The van der Waals surface area contributed by atoms with E-state index >= 15 is 0 Å². The molecule has 0 radical (unpaired) electrons. The van der Waals surface area contributed by atoms with Crippen molar-refractivity contribution in [2.75, 3.05) is 0 Å². The summed E-state index contributed by atoms with van der Waals surface area (Å²) in [6.45, 7) is 0.620. The fourth-order valence-electron chi connectivity index (χ4n) is 2.58. The van der Waals surface area contributed by atoms with Crippen LogP contribution in [0.25, 0.3) is 0 Å². The van der Waals surface area contributed by atoms with Crippen molar-refractivity contribution in [3.63, 3.8) is 0 Å². The van der Waals surface area contributed by atoms with E-state index in [0.717, 1.165) is 29.8 Å². The third-order valence-corrected chi connectivity index (χ3v) is 3.70. The molecule has 0 fully saturated rings. The fraction of sp³-hybridized carbons (Fsp3) is 0.294. The topological polar surface area (TPSA) is 91.6 Å². The van der Waals surface area contributed by atoms with Crippen LogP contribution in [-0.2, 0) is 37.6 Å². The van der Waals surface area contributed by atoms with Gasteiger partial charge in [-0.05, 0) is 17.5 Å². The van der Waals surface area contributed by atoms with E-state index in [9.17, 15) is 4.79 Å². The number of hydrogen-bond donors (Lipinski definition) is 1. The zero-order chi connectivity index (χ0) is 16.9. The summed E-state index contributed by atoms with van der Waals surface area (Å²) in [7, 11) is 1.90. The van der Waals surface area contributed by atoms with Crippen molar-refractivity contribution in [2.45, 2.75) is 25.8 Å². The number of hydrogen-bond acceptors (Lipinski definition) is 4. The van der Waals surface area contributed by atoms with Crippen molar-refractivity contribution in [3.8, 4) is 0 Å². The molecule has 1 aromatic carbocycles. The predicted molar refractivity (Wildman–Crippen MR) is 89.1 cm³/mol. The maximum Gasteiger partial charge on any atom is 0.225 e. The molecule has 0 aliphatic carbocycles. The van der Waals surface area contributed by atoms with Gasteiger partial charge in [-0.2, -0.15) is 10.2 Å². The molecule has 0 aliphatic heterocycles. The Morgan fingerprint density at radius 3 is 2.62 bits per heavy atom. The highest BCUT2D eigenvalue weighted by Crippen LogP contribution is 2.09. The van der Waals surface area contributed by atoms with E-state index in [1.54, 1.807) is 4.68 Å². The number of aromatic nitrogens is 5. The van der Waals surface area contributed by atoms with Gasteiger partial charge in [-0.1, -0.05) is 30.3 Å². The molecule has 3 aromatic rings. The van der Waals surface area contributed by atoms with E-state index in [0.29, 0.717) is 12.4 Å². The summed E-state index contributed by atoms with van der Waals surface area (Å²) in [5.41, 5.74) is 7.54. The van der Waals surface area contributed by atoms with Crippen LogP contribution in [-0.4, -0.2) is 30.5 Å². The highest BCUT2D eigenvalue weighted by atomic mass is 16.1. The van der Waals surface area contributed by atoms with Crippen LogP contribution in [0.5, 0.6) is 0 Å². The number of nitrogens with zero attached hydrogens (tertiary/aromatic N) is 5. The Morgan fingerprint density at radius 2 is 1.96 bits per heavy atom. The van der Waals surface area contributed by atoms with Crippen molar-refractivity contribution in [1.82, 2.24) is 24.5 Å². The number of primary amides is 1. The molecule has 2 aromatic heterocycles. The maximum absolute atomic E-state index is 11.2. The largest absolute Gasteiger partial charge is 0.369 e. The summed E-state index contributed by atoms with van der Waals surface area (Å²) < 4.78 is 3.63. The van der Waals surface area contributed by atoms with Crippen LogP contribution in [0.2, 0.25) is 0 Å². The zero-order valence-electron chi connectivity index (χ0n) is 13.6. The molecular formula is C17H20N6O. The average molecular weight is 324 g/mol. The molecule has 2 N–H and O–H groups in total. The minimum absolute atomic E-state index is 0.0572. The lowest BCUT2D eigenvalue weighted by Gasteiger charge is -2.05. The molecule has 0 unspecified atom stereocenters.